The molecule has 0 aliphatic carbocycles. The van der Waals surface area contributed by atoms with Crippen molar-refractivity contribution in [2.75, 3.05) is 18.6 Å². The maximum atomic E-state index is 13.6. The summed E-state index contributed by atoms with van der Waals surface area (Å²) in [6.07, 6.45) is 0. The van der Waals surface area contributed by atoms with E-state index in [0.29, 0.717) is 23.7 Å². The van der Waals surface area contributed by atoms with E-state index in [1.165, 1.54) is 7.11 Å². The van der Waals surface area contributed by atoms with Crippen LogP contribution in [0, 0.1) is 0 Å². The number of hydrogen-bond donors (Lipinski definition) is 2. The first-order chi connectivity index (χ1) is 16.5. The molecule has 4 aromatic rings. The summed E-state index contributed by atoms with van der Waals surface area (Å²) in [5.41, 5.74) is 4.28. The third-order valence-corrected chi connectivity index (χ3v) is 6.36. The molecule has 1 amide bonds. The fraction of sp³-hybridized carbons (Fsp3) is 0.154. The van der Waals surface area contributed by atoms with Crippen molar-refractivity contribution in [3.63, 3.8) is 0 Å². The Morgan fingerprint density at radius 3 is 2.50 bits per heavy atom. The third-order valence-electron chi connectivity index (χ3n) is 5.83. The third kappa shape index (κ3) is 3.70. The Bertz CT molecular complexity index is 1350. The first-order valence-corrected chi connectivity index (χ1v) is 11.6. The van der Waals surface area contributed by atoms with Crippen molar-refractivity contribution < 1.29 is 19.4 Å². The molecule has 1 aliphatic heterocycles. The molecule has 0 bridgehead atoms. The summed E-state index contributed by atoms with van der Waals surface area (Å²) in [6, 6.07) is 19.9. The molecule has 1 atom stereocenters. The van der Waals surface area contributed by atoms with Gasteiger partial charge in [-0.15, -0.1) is 0 Å². The zero-order valence-corrected chi connectivity index (χ0v) is 20.2. The Hall–Kier alpha value is -3.78. The van der Waals surface area contributed by atoms with Gasteiger partial charge in [0.15, 0.2) is 11.5 Å². The number of aromatic amines is 1. The number of nitrogens with zero attached hydrogens (tertiary/aromatic N) is 2. The largest absolute Gasteiger partial charge is 0.504 e. The zero-order chi connectivity index (χ0) is 23.8. The summed E-state index contributed by atoms with van der Waals surface area (Å²) in [4.78, 5) is 15.3. The molecule has 2 N–H and O–H groups in total. The number of ether oxygens (including phenoxy) is 2. The Morgan fingerprint density at radius 2 is 1.82 bits per heavy atom. The van der Waals surface area contributed by atoms with Gasteiger partial charge in [0, 0.05) is 21.3 Å². The average molecular weight is 520 g/mol. The van der Waals surface area contributed by atoms with Crippen LogP contribution in [0.3, 0.4) is 0 Å². The van der Waals surface area contributed by atoms with Crippen LogP contribution in [0.5, 0.6) is 17.2 Å². The highest BCUT2D eigenvalue weighted by molar-refractivity contribution is 9.10. The van der Waals surface area contributed by atoms with Crippen molar-refractivity contribution in [2.24, 2.45) is 0 Å². The normalized spacial score (nSPS) is 14.9. The van der Waals surface area contributed by atoms with Crippen LogP contribution in [-0.2, 0) is 0 Å². The number of hydrogen-bond acceptors (Lipinski definition) is 5. The molecule has 2 heterocycles. The number of fused-ring (bicyclic) bond motifs is 1. The summed E-state index contributed by atoms with van der Waals surface area (Å²) >= 11 is 3.46. The predicted molar refractivity (Wildman–Crippen MR) is 133 cm³/mol. The van der Waals surface area contributed by atoms with Gasteiger partial charge in [-0.2, -0.15) is 5.10 Å². The van der Waals surface area contributed by atoms with Crippen LogP contribution >= 0.6 is 15.9 Å². The highest BCUT2D eigenvalue weighted by atomic mass is 79.9. The molecule has 0 fully saturated rings. The van der Waals surface area contributed by atoms with Crippen molar-refractivity contribution in [1.29, 1.82) is 0 Å². The van der Waals surface area contributed by atoms with Crippen LogP contribution in [0.1, 0.15) is 34.6 Å². The van der Waals surface area contributed by atoms with Crippen LogP contribution < -0.4 is 14.4 Å². The highest BCUT2D eigenvalue weighted by Crippen LogP contribution is 2.46. The minimum atomic E-state index is -0.474. The van der Waals surface area contributed by atoms with Crippen LogP contribution in [0.25, 0.3) is 11.3 Å². The van der Waals surface area contributed by atoms with Gasteiger partial charge in [0.2, 0.25) is 0 Å². The number of methoxy groups -OCH3 is 1. The second kappa shape index (κ2) is 8.87. The lowest BCUT2D eigenvalue weighted by Gasteiger charge is -2.27. The number of benzene rings is 3. The molecule has 172 valence electrons. The van der Waals surface area contributed by atoms with E-state index in [4.69, 9.17) is 9.47 Å². The van der Waals surface area contributed by atoms with Gasteiger partial charge in [0.05, 0.1) is 25.5 Å². The molecular weight excluding hydrogens is 498 g/mol. The lowest BCUT2D eigenvalue weighted by atomic mass is 9.95. The number of phenolic OH excluding ortho intramolecular Hbond substituents is 1. The summed E-state index contributed by atoms with van der Waals surface area (Å²) < 4.78 is 11.8. The van der Waals surface area contributed by atoms with Gasteiger partial charge in [0.25, 0.3) is 5.91 Å². The quantitative estimate of drug-likeness (QED) is 0.341. The van der Waals surface area contributed by atoms with Gasteiger partial charge in [-0.25, -0.2) is 0 Å². The summed E-state index contributed by atoms with van der Waals surface area (Å²) in [5.74, 6) is 0.954. The Morgan fingerprint density at radius 1 is 1.09 bits per heavy atom. The summed E-state index contributed by atoms with van der Waals surface area (Å²) in [5, 5.41) is 17.6. The number of H-pyrrole nitrogens is 1. The van der Waals surface area contributed by atoms with Gasteiger partial charge in [-0.1, -0.05) is 22.0 Å². The van der Waals surface area contributed by atoms with Crippen LogP contribution in [-0.4, -0.2) is 34.9 Å². The molecule has 0 spiro atoms. The second-order valence-corrected chi connectivity index (χ2v) is 8.72. The fourth-order valence-corrected chi connectivity index (χ4v) is 4.55. The van der Waals surface area contributed by atoms with Crippen molar-refractivity contribution in [2.45, 2.75) is 13.0 Å². The molecule has 0 unspecified atom stereocenters. The Balaban J connectivity index is 1.68. The molecule has 1 aromatic heterocycles. The highest BCUT2D eigenvalue weighted by Gasteiger charge is 2.43. The monoisotopic (exact) mass is 519 g/mol. The number of nitrogens with one attached hydrogen (secondary N) is 1. The van der Waals surface area contributed by atoms with E-state index in [0.717, 1.165) is 32.6 Å². The Kier molecular flexibility index (Phi) is 5.75. The molecule has 7 nitrogen and oxygen atoms in total. The van der Waals surface area contributed by atoms with Gasteiger partial charge in [-0.05, 0) is 73.2 Å². The van der Waals surface area contributed by atoms with E-state index >= 15 is 0 Å². The molecule has 0 saturated carbocycles. The lowest BCUT2D eigenvalue weighted by Crippen LogP contribution is -2.29. The number of carbonyl (C=O) groups excluding carboxylic acids is 1. The first-order valence-electron chi connectivity index (χ1n) is 10.8. The van der Waals surface area contributed by atoms with Crippen molar-refractivity contribution in [3.05, 3.63) is 88.0 Å². The minimum Gasteiger partial charge on any atom is -0.504 e. The number of aromatic hydroxyl groups is 1. The number of halogens is 1. The van der Waals surface area contributed by atoms with E-state index in [-0.39, 0.29) is 11.7 Å². The van der Waals surface area contributed by atoms with E-state index in [1.54, 1.807) is 23.1 Å². The van der Waals surface area contributed by atoms with Gasteiger partial charge >= 0.3 is 0 Å². The molecule has 0 saturated heterocycles. The van der Waals surface area contributed by atoms with Gasteiger partial charge in [0.1, 0.15) is 11.4 Å². The fourth-order valence-electron chi connectivity index (χ4n) is 4.29. The summed E-state index contributed by atoms with van der Waals surface area (Å²) in [6.45, 7) is 2.52. The van der Waals surface area contributed by atoms with Crippen molar-refractivity contribution in [3.8, 4) is 28.5 Å². The predicted octanol–water partition coefficient (Wildman–Crippen LogP) is 5.70. The zero-order valence-electron chi connectivity index (χ0n) is 18.6. The molecule has 34 heavy (non-hydrogen) atoms. The Labute approximate surface area is 205 Å². The first kappa shape index (κ1) is 22.0. The number of carbonyl (C=O) groups is 1. The number of rotatable bonds is 6. The maximum absolute atomic E-state index is 13.6. The smallest absolute Gasteiger partial charge is 0.277 e. The molecule has 1 aliphatic rings. The molecule has 8 heteroatoms. The topological polar surface area (TPSA) is 87.7 Å². The number of amides is 1. The summed E-state index contributed by atoms with van der Waals surface area (Å²) in [7, 11) is 1.50. The van der Waals surface area contributed by atoms with Gasteiger partial charge in [-0.3, -0.25) is 14.8 Å². The van der Waals surface area contributed by atoms with Crippen molar-refractivity contribution >= 4 is 27.5 Å². The number of phenols is 1. The molecule has 0 radical (unpaired) electrons. The maximum Gasteiger partial charge on any atom is 0.277 e. The average Bonchev–Trinajstić information content (AvgIpc) is 3.40. The number of aromatic nitrogens is 2. The van der Waals surface area contributed by atoms with Crippen molar-refractivity contribution in [1.82, 2.24) is 10.2 Å². The van der Waals surface area contributed by atoms with Gasteiger partial charge < -0.3 is 14.6 Å². The molecule has 3 aromatic carbocycles. The van der Waals surface area contributed by atoms with Crippen LogP contribution in [0.15, 0.2) is 71.2 Å². The second-order valence-electron chi connectivity index (χ2n) is 7.80. The van der Waals surface area contributed by atoms with E-state index in [9.17, 15) is 9.90 Å². The van der Waals surface area contributed by atoms with E-state index < -0.39 is 6.04 Å². The van der Waals surface area contributed by atoms with E-state index in [1.807, 2.05) is 55.5 Å². The SMILES string of the molecule is CCOc1ccc(-c2n[nH]c3c2[C@@H](c2ccc(O)c(OC)c2)N(c2ccc(Br)cc2)C3=O)cc1. The van der Waals surface area contributed by atoms with Crippen LogP contribution in [0.2, 0.25) is 0 Å². The molecular formula is C26H22BrN3O4. The minimum absolute atomic E-state index is 0.0323. The number of anilines is 1. The van der Waals surface area contributed by atoms with E-state index in [2.05, 4.69) is 26.1 Å². The standard InChI is InChI=1S/C26H22BrN3O4/c1-3-34-19-11-4-15(5-12-19)23-22-24(29-28-23)26(32)30(18-9-7-17(27)8-10-18)25(22)16-6-13-20(31)21(14-16)33-2/h4-14,25,31H,3H2,1-2H3,(H,28,29)/t25-/m1/s1. The molecule has 5 rings (SSSR count). The lowest BCUT2D eigenvalue weighted by molar-refractivity contribution is 0.0988. The van der Waals surface area contributed by atoms with Crippen LogP contribution in [0.4, 0.5) is 5.69 Å².